The summed E-state index contributed by atoms with van der Waals surface area (Å²) in [5, 5.41) is 9.78. The van der Waals surface area contributed by atoms with E-state index >= 15 is 0 Å². The molecule has 0 amide bonds. The largest absolute Gasteiger partial charge is 0.481 e. The predicted octanol–water partition coefficient (Wildman–Crippen LogP) is 4.78. The molecule has 122 valence electrons. The number of benzene rings is 2. The number of nitrogens with two attached hydrogens (primary N) is 1. The SMILES string of the molecule is NC(c1ccc(Cl)cc1)C(CCC(=O)O)c1cc(F)cc(Cl)c1. The number of carboxylic acid groups (broad SMARTS) is 1. The molecule has 0 aromatic heterocycles. The molecule has 2 unspecified atom stereocenters. The summed E-state index contributed by atoms with van der Waals surface area (Å²) in [6, 6.07) is 10.6. The Bertz CT molecular complexity index is 671. The van der Waals surface area contributed by atoms with Gasteiger partial charge >= 0.3 is 5.97 Å². The average molecular weight is 356 g/mol. The Kier molecular flexibility index (Phi) is 5.99. The Balaban J connectivity index is 2.36. The molecule has 0 spiro atoms. The summed E-state index contributed by atoms with van der Waals surface area (Å²) in [6.07, 6.45) is 0.207. The number of carboxylic acids is 1. The van der Waals surface area contributed by atoms with Crippen LogP contribution in [0.1, 0.15) is 35.9 Å². The van der Waals surface area contributed by atoms with Crippen molar-refractivity contribution in [2.75, 3.05) is 0 Å². The number of carbonyl (C=O) groups is 1. The van der Waals surface area contributed by atoms with Gasteiger partial charge in [0.2, 0.25) is 0 Å². The van der Waals surface area contributed by atoms with Crippen LogP contribution in [0.15, 0.2) is 42.5 Å². The van der Waals surface area contributed by atoms with Crippen LogP contribution in [0, 0.1) is 5.82 Å². The standard InChI is InChI=1S/C17H16Cl2FNO2/c18-12-3-1-10(2-4-12)17(21)15(5-6-16(22)23)11-7-13(19)9-14(20)8-11/h1-4,7-9,15,17H,5-6,21H2,(H,22,23). The molecule has 2 atom stereocenters. The lowest BCUT2D eigenvalue weighted by Crippen LogP contribution is -2.21. The van der Waals surface area contributed by atoms with Gasteiger partial charge in [-0.1, -0.05) is 35.3 Å². The van der Waals surface area contributed by atoms with Crippen molar-refractivity contribution in [2.45, 2.75) is 24.8 Å². The highest BCUT2D eigenvalue weighted by Crippen LogP contribution is 2.35. The van der Waals surface area contributed by atoms with Gasteiger partial charge in [0.25, 0.3) is 0 Å². The normalized spacial score (nSPS) is 13.6. The van der Waals surface area contributed by atoms with Crippen LogP contribution in [0.25, 0.3) is 0 Å². The second-order valence-corrected chi connectivity index (χ2v) is 6.19. The average Bonchev–Trinajstić information content (AvgIpc) is 2.46. The van der Waals surface area contributed by atoms with Gasteiger partial charge in [-0.3, -0.25) is 4.79 Å². The third kappa shape index (κ3) is 4.93. The quantitative estimate of drug-likeness (QED) is 0.783. The molecule has 0 aliphatic carbocycles. The van der Waals surface area contributed by atoms with Crippen molar-refractivity contribution < 1.29 is 14.3 Å². The fraction of sp³-hybridized carbons (Fsp3) is 0.235. The van der Waals surface area contributed by atoms with Crippen LogP contribution in [-0.4, -0.2) is 11.1 Å². The molecule has 3 N–H and O–H groups in total. The van der Waals surface area contributed by atoms with E-state index in [1.807, 2.05) is 0 Å². The molecular weight excluding hydrogens is 340 g/mol. The lowest BCUT2D eigenvalue weighted by atomic mass is 9.84. The van der Waals surface area contributed by atoms with Gasteiger partial charge in [0, 0.05) is 28.4 Å². The van der Waals surface area contributed by atoms with Crippen LogP contribution in [0.3, 0.4) is 0 Å². The molecule has 0 saturated heterocycles. The molecule has 6 heteroatoms. The van der Waals surface area contributed by atoms with Crippen LogP contribution in [0.5, 0.6) is 0 Å². The van der Waals surface area contributed by atoms with Crippen LogP contribution in [0.2, 0.25) is 10.0 Å². The van der Waals surface area contributed by atoms with Crippen LogP contribution in [-0.2, 0) is 4.79 Å². The van der Waals surface area contributed by atoms with Gasteiger partial charge in [0.05, 0.1) is 0 Å². The first-order valence-corrected chi connectivity index (χ1v) is 7.81. The maximum absolute atomic E-state index is 13.6. The third-order valence-electron chi connectivity index (χ3n) is 3.67. The minimum absolute atomic E-state index is 0.0694. The fourth-order valence-electron chi connectivity index (χ4n) is 2.54. The summed E-state index contributed by atoms with van der Waals surface area (Å²) in [7, 11) is 0. The van der Waals surface area contributed by atoms with Crippen molar-refractivity contribution >= 4 is 29.2 Å². The molecule has 2 aromatic carbocycles. The second-order valence-electron chi connectivity index (χ2n) is 5.32. The number of hydrogen-bond donors (Lipinski definition) is 2. The van der Waals surface area contributed by atoms with Crippen LogP contribution < -0.4 is 5.73 Å². The highest BCUT2D eigenvalue weighted by molar-refractivity contribution is 6.30. The summed E-state index contributed by atoms with van der Waals surface area (Å²) >= 11 is 11.8. The van der Waals surface area contributed by atoms with Crippen molar-refractivity contribution in [3.8, 4) is 0 Å². The topological polar surface area (TPSA) is 63.3 Å². The van der Waals surface area contributed by atoms with E-state index in [-0.39, 0.29) is 23.8 Å². The van der Waals surface area contributed by atoms with Crippen molar-refractivity contribution in [1.82, 2.24) is 0 Å². The molecule has 0 saturated carbocycles. The molecule has 0 radical (unpaired) electrons. The van der Waals surface area contributed by atoms with Crippen molar-refractivity contribution in [3.63, 3.8) is 0 Å². The lowest BCUT2D eigenvalue weighted by Gasteiger charge is -2.25. The van der Waals surface area contributed by atoms with Gasteiger partial charge in [0.1, 0.15) is 5.82 Å². The lowest BCUT2D eigenvalue weighted by molar-refractivity contribution is -0.137. The van der Waals surface area contributed by atoms with Gasteiger partial charge in [-0.15, -0.1) is 0 Å². The second kappa shape index (κ2) is 7.77. The van der Waals surface area contributed by atoms with E-state index in [9.17, 15) is 9.18 Å². The van der Waals surface area contributed by atoms with E-state index in [2.05, 4.69) is 0 Å². The predicted molar refractivity (Wildman–Crippen MR) is 89.4 cm³/mol. The molecule has 0 fully saturated rings. The Labute approximate surface area is 143 Å². The summed E-state index contributed by atoms with van der Waals surface area (Å²) in [6.45, 7) is 0. The molecule has 0 aliphatic rings. The Morgan fingerprint density at radius 1 is 1.09 bits per heavy atom. The maximum Gasteiger partial charge on any atom is 0.303 e. The minimum atomic E-state index is -0.930. The van der Waals surface area contributed by atoms with Gasteiger partial charge in [0.15, 0.2) is 0 Å². The first kappa shape index (κ1) is 17.7. The highest BCUT2D eigenvalue weighted by Gasteiger charge is 2.23. The molecule has 2 aromatic rings. The zero-order chi connectivity index (χ0) is 17.0. The molecule has 23 heavy (non-hydrogen) atoms. The molecule has 2 rings (SSSR count). The molecule has 0 heterocycles. The van der Waals surface area contributed by atoms with E-state index in [0.29, 0.717) is 10.6 Å². The summed E-state index contributed by atoms with van der Waals surface area (Å²) in [4.78, 5) is 10.9. The number of halogens is 3. The monoisotopic (exact) mass is 355 g/mol. The maximum atomic E-state index is 13.6. The minimum Gasteiger partial charge on any atom is -0.481 e. The first-order chi connectivity index (χ1) is 10.9. The van der Waals surface area contributed by atoms with E-state index in [1.165, 1.54) is 12.1 Å². The number of rotatable bonds is 6. The molecule has 0 bridgehead atoms. The summed E-state index contributed by atoms with van der Waals surface area (Å²) in [5.74, 6) is -1.78. The van der Waals surface area contributed by atoms with E-state index in [4.69, 9.17) is 34.0 Å². The fourth-order valence-corrected chi connectivity index (χ4v) is 2.90. The number of aliphatic carboxylic acids is 1. The van der Waals surface area contributed by atoms with Gasteiger partial charge in [-0.05, 0) is 47.9 Å². The Hall–Kier alpha value is -1.62. The van der Waals surface area contributed by atoms with E-state index in [0.717, 1.165) is 5.56 Å². The first-order valence-electron chi connectivity index (χ1n) is 7.05. The summed E-state index contributed by atoms with van der Waals surface area (Å²) < 4.78 is 13.6. The van der Waals surface area contributed by atoms with Crippen LogP contribution >= 0.6 is 23.2 Å². The van der Waals surface area contributed by atoms with Crippen LogP contribution in [0.4, 0.5) is 4.39 Å². The van der Waals surface area contributed by atoms with E-state index < -0.39 is 17.8 Å². The Morgan fingerprint density at radius 2 is 1.74 bits per heavy atom. The molecule has 3 nitrogen and oxygen atoms in total. The Morgan fingerprint density at radius 3 is 2.30 bits per heavy atom. The van der Waals surface area contributed by atoms with Gasteiger partial charge < -0.3 is 10.8 Å². The zero-order valence-corrected chi connectivity index (χ0v) is 13.7. The zero-order valence-electron chi connectivity index (χ0n) is 12.2. The highest BCUT2D eigenvalue weighted by atomic mass is 35.5. The van der Waals surface area contributed by atoms with Gasteiger partial charge in [-0.2, -0.15) is 0 Å². The van der Waals surface area contributed by atoms with Crippen molar-refractivity contribution in [3.05, 3.63) is 69.5 Å². The van der Waals surface area contributed by atoms with Crippen molar-refractivity contribution in [1.29, 1.82) is 0 Å². The van der Waals surface area contributed by atoms with E-state index in [1.54, 1.807) is 30.3 Å². The van der Waals surface area contributed by atoms with Crippen molar-refractivity contribution in [2.24, 2.45) is 5.73 Å². The smallest absolute Gasteiger partial charge is 0.303 e. The third-order valence-corrected chi connectivity index (χ3v) is 4.14. The molecular formula is C17H16Cl2FNO2. The number of hydrogen-bond acceptors (Lipinski definition) is 2. The summed E-state index contributed by atoms with van der Waals surface area (Å²) in [5.41, 5.74) is 7.68. The van der Waals surface area contributed by atoms with Gasteiger partial charge in [-0.25, -0.2) is 4.39 Å². The molecule has 0 aliphatic heterocycles.